The molecule has 0 spiro atoms. The summed E-state index contributed by atoms with van der Waals surface area (Å²) in [5.41, 5.74) is 4.56. The summed E-state index contributed by atoms with van der Waals surface area (Å²) in [6.07, 6.45) is 3.28. The molecule has 112 valence electrons. The summed E-state index contributed by atoms with van der Waals surface area (Å²) < 4.78 is 0. The van der Waals surface area contributed by atoms with Crippen LogP contribution < -0.4 is 0 Å². The lowest BCUT2D eigenvalue weighted by molar-refractivity contribution is 0.127. The molecule has 0 heterocycles. The molecule has 2 aliphatic rings. The summed E-state index contributed by atoms with van der Waals surface area (Å²) in [5, 5.41) is 14.5. The van der Waals surface area contributed by atoms with E-state index in [1.165, 1.54) is 12.0 Å². The highest BCUT2D eigenvalue weighted by atomic mass is 16.6. The van der Waals surface area contributed by atoms with Gasteiger partial charge in [-0.25, -0.2) is 0 Å². The number of fused-ring (bicyclic) bond motifs is 4. The van der Waals surface area contributed by atoms with E-state index in [1.54, 1.807) is 6.07 Å². The van der Waals surface area contributed by atoms with Crippen LogP contribution >= 0.6 is 0 Å². The number of aromatic hydroxyl groups is 1. The Kier molecular flexibility index (Phi) is 3.34. The fraction of sp³-hybridized carbons (Fsp3) is 0.316. The summed E-state index contributed by atoms with van der Waals surface area (Å²) in [6, 6.07) is 15.9. The second-order valence-corrected chi connectivity index (χ2v) is 6.10. The molecule has 0 bridgehead atoms. The summed E-state index contributed by atoms with van der Waals surface area (Å²) in [6.45, 7) is 0.495. The van der Waals surface area contributed by atoms with Gasteiger partial charge in [-0.1, -0.05) is 47.6 Å². The van der Waals surface area contributed by atoms with E-state index in [9.17, 15) is 5.11 Å². The zero-order valence-electron chi connectivity index (χ0n) is 12.4. The Morgan fingerprint density at radius 2 is 1.95 bits per heavy atom. The average Bonchev–Trinajstić information content (AvgIpc) is 2.53. The lowest BCUT2D eigenvalue weighted by Gasteiger charge is -2.43. The molecule has 4 rings (SSSR count). The van der Waals surface area contributed by atoms with E-state index in [4.69, 9.17) is 4.84 Å². The minimum absolute atomic E-state index is 0.251. The Morgan fingerprint density at radius 3 is 2.82 bits per heavy atom. The maximum absolute atomic E-state index is 10.1. The van der Waals surface area contributed by atoms with Crippen LogP contribution in [0.25, 0.3) is 0 Å². The number of nitrogens with zero attached hydrogens (tertiary/aromatic N) is 1. The molecule has 0 aromatic heterocycles. The van der Waals surface area contributed by atoms with Gasteiger partial charge < -0.3 is 9.94 Å². The van der Waals surface area contributed by atoms with E-state index >= 15 is 0 Å². The van der Waals surface area contributed by atoms with Gasteiger partial charge in [-0.3, -0.25) is 0 Å². The molecule has 2 atom stereocenters. The van der Waals surface area contributed by atoms with Crippen molar-refractivity contribution in [3.05, 3.63) is 65.2 Å². The van der Waals surface area contributed by atoms with Gasteiger partial charge in [0.05, 0.1) is 5.71 Å². The largest absolute Gasteiger partial charge is 0.508 e. The van der Waals surface area contributed by atoms with Gasteiger partial charge in [0.1, 0.15) is 12.4 Å². The third-order valence-corrected chi connectivity index (χ3v) is 4.79. The third-order valence-electron chi connectivity index (χ3n) is 4.79. The maximum atomic E-state index is 10.1. The van der Waals surface area contributed by atoms with Gasteiger partial charge in [0, 0.05) is 11.5 Å². The summed E-state index contributed by atoms with van der Waals surface area (Å²) in [5.74, 6) is 1.16. The van der Waals surface area contributed by atoms with E-state index < -0.39 is 0 Å². The van der Waals surface area contributed by atoms with Crippen molar-refractivity contribution in [2.75, 3.05) is 0 Å². The standard InChI is InChI=1S/C19H19NO2/c21-17-11-5-9-15-14-8-4-10-16(18(14)19(15)17)20-22-12-13-6-2-1-3-7-13/h1-3,5-7,9,11,14,18,21H,4,8,10,12H2/b20-16+. The van der Waals surface area contributed by atoms with Gasteiger partial charge in [0.25, 0.3) is 0 Å². The number of rotatable bonds is 3. The van der Waals surface area contributed by atoms with Gasteiger partial charge in [-0.15, -0.1) is 0 Å². The second-order valence-electron chi connectivity index (χ2n) is 6.10. The molecule has 1 N–H and O–H groups in total. The zero-order valence-corrected chi connectivity index (χ0v) is 12.4. The van der Waals surface area contributed by atoms with Crippen molar-refractivity contribution in [2.45, 2.75) is 37.7 Å². The minimum Gasteiger partial charge on any atom is -0.508 e. The predicted molar refractivity (Wildman–Crippen MR) is 86.1 cm³/mol. The number of hydrogen-bond acceptors (Lipinski definition) is 3. The van der Waals surface area contributed by atoms with E-state index in [0.717, 1.165) is 29.7 Å². The van der Waals surface area contributed by atoms with Gasteiger partial charge in [-0.2, -0.15) is 0 Å². The van der Waals surface area contributed by atoms with E-state index in [1.807, 2.05) is 36.4 Å². The highest BCUT2D eigenvalue weighted by Crippen LogP contribution is 2.56. The molecule has 3 nitrogen and oxygen atoms in total. The van der Waals surface area contributed by atoms with Gasteiger partial charge in [0.15, 0.2) is 0 Å². The first-order valence-corrected chi connectivity index (χ1v) is 7.89. The van der Waals surface area contributed by atoms with Crippen LogP contribution in [0.3, 0.4) is 0 Å². The van der Waals surface area contributed by atoms with Crippen molar-refractivity contribution in [3.8, 4) is 5.75 Å². The first kappa shape index (κ1) is 13.4. The first-order chi connectivity index (χ1) is 10.8. The normalized spacial score (nSPS) is 24.3. The van der Waals surface area contributed by atoms with Crippen LogP contribution in [0.2, 0.25) is 0 Å². The lowest BCUT2D eigenvalue weighted by atomic mass is 9.60. The Morgan fingerprint density at radius 1 is 1.09 bits per heavy atom. The third kappa shape index (κ3) is 2.17. The zero-order chi connectivity index (χ0) is 14.9. The monoisotopic (exact) mass is 293 g/mol. The Balaban J connectivity index is 1.53. The molecule has 2 unspecified atom stereocenters. The molecule has 0 aliphatic heterocycles. The topological polar surface area (TPSA) is 41.8 Å². The second kappa shape index (κ2) is 5.48. The number of oxime groups is 1. The maximum Gasteiger partial charge on any atom is 0.142 e. The molecule has 22 heavy (non-hydrogen) atoms. The average molecular weight is 293 g/mol. The van der Waals surface area contributed by atoms with Gasteiger partial charge >= 0.3 is 0 Å². The molecule has 0 amide bonds. The first-order valence-electron chi connectivity index (χ1n) is 7.89. The summed E-state index contributed by atoms with van der Waals surface area (Å²) >= 11 is 0. The van der Waals surface area contributed by atoms with Crippen LogP contribution in [-0.4, -0.2) is 10.8 Å². The highest BCUT2D eigenvalue weighted by Gasteiger charge is 2.44. The molecule has 2 aliphatic carbocycles. The van der Waals surface area contributed by atoms with Crippen molar-refractivity contribution < 1.29 is 9.94 Å². The van der Waals surface area contributed by atoms with E-state index in [2.05, 4.69) is 11.2 Å². The van der Waals surface area contributed by atoms with E-state index in [0.29, 0.717) is 18.3 Å². The Hall–Kier alpha value is -2.29. The van der Waals surface area contributed by atoms with Gasteiger partial charge in [0.2, 0.25) is 0 Å². The quantitative estimate of drug-likeness (QED) is 0.856. The molecule has 2 aromatic carbocycles. The summed E-state index contributed by atoms with van der Waals surface area (Å²) in [7, 11) is 0. The highest BCUT2D eigenvalue weighted by molar-refractivity contribution is 5.96. The number of benzene rings is 2. The van der Waals surface area contributed by atoms with Crippen molar-refractivity contribution in [1.82, 2.24) is 0 Å². The predicted octanol–water partition coefficient (Wildman–Crippen LogP) is 4.33. The molecular formula is C19H19NO2. The Labute approximate surface area is 130 Å². The van der Waals surface area contributed by atoms with Crippen LogP contribution in [0.15, 0.2) is 53.7 Å². The molecule has 3 heteroatoms. The summed E-state index contributed by atoms with van der Waals surface area (Å²) in [4.78, 5) is 5.57. The van der Waals surface area contributed by atoms with E-state index in [-0.39, 0.29) is 5.92 Å². The Bertz CT molecular complexity index is 709. The number of phenolic OH excluding ortho intramolecular Hbond substituents is 1. The number of hydrogen-bond donors (Lipinski definition) is 1. The van der Waals surface area contributed by atoms with Crippen LogP contribution in [0.4, 0.5) is 0 Å². The molecule has 0 radical (unpaired) electrons. The van der Waals surface area contributed by atoms with Crippen molar-refractivity contribution in [3.63, 3.8) is 0 Å². The van der Waals surface area contributed by atoms with Crippen molar-refractivity contribution in [1.29, 1.82) is 0 Å². The molecule has 0 saturated heterocycles. The minimum atomic E-state index is 0.251. The van der Waals surface area contributed by atoms with Crippen LogP contribution in [-0.2, 0) is 11.4 Å². The molecule has 1 fully saturated rings. The van der Waals surface area contributed by atoms with Crippen LogP contribution in [0.5, 0.6) is 5.75 Å². The van der Waals surface area contributed by atoms with Crippen LogP contribution in [0, 0.1) is 0 Å². The van der Waals surface area contributed by atoms with Crippen LogP contribution in [0.1, 0.15) is 47.8 Å². The van der Waals surface area contributed by atoms with Gasteiger partial charge in [-0.05, 0) is 42.4 Å². The SMILES string of the molecule is Oc1cccc2c1C1/C(=N/OCc3ccccc3)CCCC21. The molecular weight excluding hydrogens is 274 g/mol. The fourth-order valence-corrected chi connectivity index (χ4v) is 3.76. The molecule has 1 saturated carbocycles. The molecule has 2 aromatic rings. The number of phenols is 1. The fourth-order valence-electron chi connectivity index (χ4n) is 3.76. The van der Waals surface area contributed by atoms with Crippen molar-refractivity contribution in [2.24, 2.45) is 5.16 Å². The van der Waals surface area contributed by atoms with Crippen molar-refractivity contribution >= 4 is 5.71 Å². The lowest BCUT2D eigenvalue weighted by Crippen LogP contribution is -2.34. The smallest absolute Gasteiger partial charge is 0.142 e.